The Labute approximate surface area is 138 Å². The van der Waals surface area contributed by atoms with Crippen molar-refractivity contribution in [1.82, 2.24) is 0 Å². The lowest BCUT2D eigenvalue weighted by Gasteiger charge is -2.25. The lowest BCUT2D eigenvalue weighted by molar-refractivity contribution is -0.148. The molecule has 0 aliphatic heterocycles. The van der Waals surface area contributed by atoms with Gasteiger partial charge in [0.25, 0.3) is 0 Å². The molecule has 0 radical (unpaired) electrons. The number of esters is 1. The zero-order valence-corrected chi connectivity index (χ0v) is 14.5. The molecular weight excluding hydrogens is 288 g/mol. The summed E-state index contributed by atoms with van der Waals surface area (Å²) in [5.41, 5.74) is 2.78. The van der Waals surface area contributed by atoms with Gasteiger partial charge in [-0.1, -0.05) is 29.8 Å². The first-order chi connectivity index (χ1) is 10.7. The first kappa shape index (κ1) is 17.5. The summed E-state index contributed by atoms with van der Waals surface area (Å²) in [5.74, 6) is 0.367. The van der Waals surface area contributed by atoms with Crippen molar-refractivity contribution in [2.24, 2.45) is 0 Å². The Morgan fingerprint density at radius 1 is 1.09 bits per heavy atom. The van der Waals surface area contributed by atoms with Gasteiger partial charge in [0.15, 0.2) is 5.78 Å². The van der Waals surface area contributed by atoms with Crippen molar-refractivity contribution in [2.75, 3.05) is 0 Å². The van der Waals surface area contributed by atoms with Crippen molar-refractivity contribution >= 4 is 11.8 Å². The number of carbonyl (C=O) groups is 2. The number of hydrogen-bond donors (Lipinski definition) is 0. The third-order valence-electron chi connectivity index (χ3n) is 4.15. The SMILES string of the molecule is CC(=O)c1ccc(C2CCC(=CC(=O)OC(C)(C)C)CC2)cc1. The predicted molar refractivity (Wildman–Crippen MR) is 91.6 cm³/mol. The van der Waals surface area contributed by atoms with E-state index in [1.807, 2.05) is 32.9 Å². The molecule has 1 fully saturated rings. The molecule has 0 spiro atoms. The molecular formula is C20H26O3. The minimum Gasteiger partial charge on any atom is -0.457 e. The molecule has 0 saturated heterocycles. The molecule has 1 aromatic carbocycles. The molecule has 0 heterocycles. The molecule has 0 aromatic heterocycles. The van der Waals surface area contributed by atoms with E-state index in [4.69, 9.17) is 4.74 Å². The van der Waals surface area contributed by atoms with Gasteiger partial charge < -0.3 is 4.74 Å². The van der Waals surface area contributed by atoms with Crippen molar-refractivity contribution in [3.8, 4) is 0 Å². The molecule has 0 N–H and O–H groups in total. The molecule has 1 aliphatic carbocycles. The monoisotopic (exact) mass is 314 g/mol. The molecule has 124 valence electrons. The van der Waals surface area contributed by atoms with Gasteiger partial charge in [-0.2, -0.15) is 0 Å². The zero-order valence-electron chi connectivity index (χ0n) is 14.5. The Hall–Kier alpha value is -1.90. The van der Waals surface area contributed by atoms with Crippen molar-refractivity contribution in [1.29, 1.82) is 0 Å². The Morgan fingerprint density at radius 2 is 1.65 bits per heavy atom. The summed E-state index contributed by atoms with van der Waals surface area (Å²) < 4.78 is 5.34. The Morgan fingerprint density at radius 3 is 2.13 bits per heavy atom. The van der Waals surface area contributed by atoms with Crippen LogP contribution >= 0.6 is 0 Å². The van der Waals surface area contributed by atoms with Crippen LogP contribution in [0.25, 0.3) is 0 Å². The number of Topliss-reactive ketones (excluding diaryl/α,β-unsaturated/α-hetero) is 1. The van der Waals surface area contributed by atoms with Gasteiger partial charge in [-0.25, -0.2) is 4.79 Å². The summed E-state index contributed by atoms with van der Waals surface area (Å²) in [7, 11) is 0. The number of rotatable bonds is 3. The lowest BCUT2D eigenvalue weighted by atomic mass is 9.81. The van der Waals surface area contributed by atoms with E-state index in [0.717, 1.165) is 31.2 Å². The maximum absolute atomic E-state index is 11.8. The maximum Gasteiger partial charge on any atom is 0.331 e. The summed E-state index contributed by atoms with van der Waals surface area (Å²) in [6.07, 6.45) is 5.60. The molecule has 23 heavy (non-hydrogen) atoms. The number of allylic oxidation sites excluding steroid dienone is 1. The van der Waals surface area contributed by atoms with Gasteiger partial charge in [-0.3, -0.25) is 4.79 Å². The number of benzene rings is 1. The number of hydrogen-bond acceptors (Lipinski definition) is 3. The lowest BCUT2D eigenvalue weighted by Crippen LogP contribution is -2.23. The Bertz CT molecular complexity index is 593. The van der Waals surface area contributed by atoms with Crippen LogP contribution in [0.2, 0.25) is 0 Å². The second-order valence-corrected chi connectivity index (χ2v) is 7.29. The van der Waals surface area contributed by atoms with Crippen LogP contribution in [0.3, 0.4) is 0 Å². The van der Waals surface area contributed by atoms with Crippen LogP contribution in [0.1, 0.15) is 75.2 Å². The second-order valence-electron chi connectivity index (χ2n) is 7.29. The largest absolute Gasteiger partial charge is 0.457 e. The molecule has 0 amide bonds. The first-order valence-corrected chi connectivity index (χ1v) is 8.28. The highest BCUT2D eigenvalue weighted by Gasteiger charge is 2.20. The summed E-state index contributed by atoms with van der Waals surface area (Å²) in [6.45, 7) is 7.23. The molecule has 0 atom stereocenters. The van der Waals surface area contributed by atoms with Crippen LogP contribution in [0, 0.1) is 0 Å². The molecule has 3 nitrogen and oxygen atoms in total. The standard InChI is InChI=1S/C20H26O3/c1-14(21)16-9-11-18(12-10-16)17-7-5-15(6-8-17)13-19(22)23-20(2,3)4/h9-13,17H,5-8H2,1-4H3. The summed E-state index contributed by atoms with van der Waals surface area (Å²) in [4.78, 5) is 23.2. The zero-order chi connectivity index (χ0) is 17.0. The van der Waals surface area contributed by atoms with Crippen LogP contribution < -0.4 is 0 Å². The Balaban J connectivity index is 1.93. The number of carbonyl (C=O) groups excluding carboxylic acids is 2. The molecule has 1 aromatic rings. The second kappa shape index (κ2) is 7.12. The van der Waals surface area contributed by atoms with Gasteiger partial charge in [0, 0.05) is 11.6 Å². The van der Waals surface area contributed by atoms with Gasteiger partial charge in [-0.05, 0) is 64.9 Å². The molecule has 0 unspecified atom stereocenters. The van der Waals surface area contributed by atoms with Gasteiger partial charge in [0.2, 0.25) is 0 Å². The van der Waals surface area contributed by atoms with E-state index >= 15 is 0 Å². The average molecular weight is 314 g/mol. The molecule has 2 rings (SSSR count). The minimum absolute atomic E-state index is 0.0998. The minimum atomic E-state index is -0.441. The van der Waals surface area contributed by atoms with E-state index < -0.39 is 5.60 Å². The van der Waals surface area contributed by atoms with Crippen molar-refractivity contribution in [3.63, 3.8) is 0 Å². The van der Waals surface area contributed by atoms with Gasteiger partial charge in [0.1, 0.15) is 5.60 Å². The first-order valence-electron chi connectivity index (χ1n) is 8.28. The van der Waals surface area contributed by atoms with Crippen LogP contribution in [0.15, 0.2) is 35.9 Å². The third kappa shape index (κ3) is 5.34. The van der Waals surface area contributed by atoms with Crippen molar-refractivity contribution in [2.45, 2.75) is 64.9 Å². The number of ketones is 1. The quantitative estimate of drug-likeness (QED) is 0.456. The summed E-state index contributed by atoms with van der Waals surface area (Å²) in [6, 6.07) is 7.93. The summed E-state index contributed by atoms with van der Waals surface area (Å²) >= 11 is 0. The highest BCUT2D eigenvalue weighted by molar-refractivity contribution is 5.94. The normalized spacial score (nSPS) is 18.4. The average Bonchev–Trinajstić information content (AvgIpc) is 2.46. The predicted octanol–water partition coefficient (Wildman–Crippen LogP) is 4.81. The summed E-state index contributed by atoms with van der Waals surface area (Å²) in [5, 5.41) is 0. The van der Waals surface area contributed by atoms with Crippen molar-refractivity contribution < 1.29 is 14.3 Å². The topological polar surface area (TPSA) is 43.4 Å². The van der Waals surface area contributed by atoms with Crippen LogP contribution in [-0.4, -0.2) is 17.4 Å². The maximum atomic E-state index is 11.8. The molecule has 0 bridgehead atoms. The van der Waals surface area contributed by atoms with E-state index in [-0.39, 0.29) is 11.8 Å². The van der Waals surface area contributed by atoms with Crippen LogP contribution in [0.5, 0.6) is 0 Å². The van der Waals surface area contributed by atoms with E-state index in [1.165, 1.54) is 11.1 Å². The highest BCUT2D eigenvalue weighted by atomic mass is 16.6. The smallest absolute Gasteiger partial charge is 0.331 e. The highest BCUT2D eigenvalue weighted by Crippen LogP contribution is 2.35. The van der Waals surface area contributed by atoms with E-state index in [9.17, 15) is 9.59 Å². The van der Waals surface area contributed by atoms with Gasteiger partial charge >= 0.3 is 5.97 Å². The number of ether oxygens (including phenoxy) is 1. The third-order valence-corrected chi connectivity index (χ3v) is 4.15. The van der Waals surface area contributed by atoms with Crippen LogP contribution in [-0.2, 0) is 9.53 Å². The Kier molecular flexibility index (Phi) is 5.40. The molecule has 1 saturated carbocycles. The fourth-order valence-corrected chi connectivity index (χ4v) is 2.95. The fourth-order valence-electron chi connectivity index (χ4n) is 2.95. The van der Waals surface area contributed by atoms with Crippen molar-refractivity contribution in [3.05, 3.63) is 47.0 Å². The van der Waals surface area contributed by atoms with E-state index in [0.29, 0.717) is 5.92 Å². The van der Waals surface area contributed by atoms with Crippen LogP contribution in [0.4, 0.5) is 0 Å². The van der Waals surface area contributed by atoms with Gasteiger partial charge in [0.05, 0.1) is 0 Å². The fraction of sp³-hybridized carbons (Fsp3) is 0.500. The van der Waals surface area contributed by atoms with Gasteiger partial charge in [-0.15, -0.1) is 0 Å². The molecule has 3 heteroatoms. The van der Waals surface area contributed by atoms with E-state index in [2.05, 4.69) is 12.1 Å². The molecule has 1 aliphatic rings. The van der Waals surface area contributed by atoms with E-state index in [1.54, 1.807) is 13.0 Å².